The van der Waals surface area contributed by atoms with Gasteiger partial charge in [-0.25, -0.2) is 15.3 Å². The van der Waals surface area contributed by atoms with Crippen LogP contribution in [0.15, 0.2) is 36.4 Å². The molecule has 1 aliphatic rings. The number of pyridine rings is 1. The molecule has 2 heterocycles. The summed E-state index contributed by atoms with van der Waals surface area (Å²) in [4.78, 5) is 42.7. The van der Waals surface area contributed by atoms with Crippen LogP contribution in [0, 0.1) is 0 Å². The van der Waals surface area contributed by atoms with E-state index in [2.05, 4.69) is 10.3 Å². The minimum absolute atomic E-state index is 0.00540. The second-order valence-electron chi connectivity index (χ2n) is 8.45. The second kappa shape index (κ2) is 11.3. The number of carbonyl (C=O) groups excluding carboxylic acids is 2. The molecule has 13 heteroatoms. The minimum Gasteiger partial charge on any atom is -0.489 e. The van der Waals surface area contributed by atoms with Gasteiger partial charge in [-0.15, -0.1) is 0 Å². The highest BCUT2D eigenvalue weighted by atomic mass is 35.5. The Balaban J connectivity index is 1.82. The fourth-order valence-electron chi connectivity index (χ4n) is 4.24. The zero-order valence-electron chi connectivity index (χ0n) is 19.5. The summed E-state index contributed by atoms with van der Waals surface area (Å²) in [6.45, 7) is 2.02. The van der Waals surface area contributed by atoms with Gasteiger partial charge in [0.05, 0.1) is 0 Å². The van der Waals surface area contributed by atoms with Crippen LogP contribution in [0.2, 0.25) is 10.3 Å². The molecule has 0 saturated carbocycles. The van der Waals surface area contributed by atoms with Crippen molar-refractivity contribution in [1.82, 2.24) is 20.7 Å². The molecule has 1 aromatic heterocycles. The summed E-state index contributed by atoms with van der Waals surface area (Å²) in [6.07, 6.45) is -0.407. The van der Waals surface area contributed by atoms with Crippen LogP contribution in [0.25, 0.3) is 0 Å². The molecule has 1 unspecified atom stereocenters. The SMILES string of the molecule is CCCC[C@@](NC(=O)O)(C(=O)NO)N1CCC(N)(c2ccc(OCc3cc(Cl)nc(Cl)c3)cc2)C1=O. The molecule has 194 valence electrons. The number of ether oxygens (including phenoxy) is 1. The van der Waals surface area contributed by atoms with Gasteiger partial charge >= 0.3 is 6.09 Å². The van der Waals surface area contributed by atoms with E-state index in [1.807, 2.05) is 6.92 Å². The van der Waals surface area contributed by atoms with Crippen LogP contribution in [-0.4, -0.2) is 50.3 Å². The number of hydroxylamine groups is 1. The number of likely N-dealkylation sites (tertiary alicyclic amines) is 1. The van der Waals surface area contributed by atoms with Crippen molar-refractivity contribution in [1.29, 1.82) is 0 Å². The maximum absolute atomic E-state index is 13.5. The van der Waals surface area contributed by atoms with E-state index in [0.717, 1.165) is 10.5 Å². The number of nitrogens with one attached hydrogen (secondary N) is 2. The average molecular weight is 540 g/mol. The lowest BCUT2D eigenvalue weighted by molar-refractivity contribution is -0.154. The summed E-state index contributed by atoms with van der Waals surface area (Å²) in [7, 11) is 0. The van der Waals surface area contributed by atoms with Gasteiger partial charge in [-0.2, -0.15) is 0 Å². The second-order valence-corrected chi connectivity index (χ2v) is 9.22. The summed E-state index contributed by atoms with van der Waals surface area (Å²) in [5, 5.41) is 21.4. The first-order chi connectivity index (χ1) is 17.1. The molecule has 3 amide bonds. The number of nitrogens with two attached hydrogens (primary N) is 1. The Bertz CT molecular complexity index is 1110. The molecule has 1 saturated heterocycles. The summed E-state index contributed by atoms with van der Waals surface area (Å²) in [5.74, 6) is -1.21. The molecule has 0 radical (unpaired) electrons. The third-order valence-electron chi connectivity index (χ3n) is 6.10. The first-order valence-corrected chi connectivity index (χ1v) is 11.9. The highest BCUT2D eigenvalue weighted by Crippen LogP contribution is 2.37. The van der Waals surface area contributed by atoms with Crippen molar-refractivity contribution in [3.05, 3.63) is 57.8 Å². The quantitative estimate of drug-likeness (QED) is 0.174. The fraction of sp³-hybridized carbons (Fsp3) is 0.391. The van der Waals surface area contributed by atoms with Gasteiger partial charge in [-0.3, -0.25) is 20.1 Å². The Kier molecular flexibility index (Phi) is 8.62. The summed E-state index contributed by atoms with van der Waals surface area (Å²) in [5.41, 5.74) is 5.67. The maximum atomic E-state index is 13.5. The number of nitrogens with zero attached hydrogens (tertiary/aromatic N) is 2. The minimum atomic E-state index is -2.01. The molecule has 6 N–H and O–H groups in total. The molecule has 0 aliphatic carbocycles. The summed E-state index contributed by atoms with van der Waals surface area (Å²) in [6, 6.07) is 9.80. The van der Waals surface area contributed by atoms with Gasteiger partial charge in [0.25, 0.3) is 5.91 Å². The number of hydrogen-bond donors (Lipinski definition) is 5. The van der Waals surface area contributed by atoms with Crippen LogP contribution in [-0.2, 0) is 21.7 Å². The maximum Gasteiger partial charge on any atom is 0.406 e. The van der Waals surface area contributed by atoms with E-state index in [1.54, 1.807) is 36.4 Å². The lowest BCUT2D eigenvalue weighted by Crippen LogP contribution is -2.69. The van der Waals surface area contributed by atoms with Crippen molar-refractivity contribution in [3.63, 3.8) is 0 Å². The van der Waals surface area contributed by atoms with E-state index in [-0.39, 0.29) is 36.3 Å². The molecule has 1 aliphatic heterocycles. The number of unbranched alkanes of at least 4 members (excludes halogenated alkanes) is 1. The molecule has 0 spiro atoms. The lowest BCUT2D eigenvalue weighted by Gasteiger charge is -2.40. The Morgan fingerprint density at radius 1 is 1.25 bits per heavy atom. The number of hydrogen-bond acceptors (Lipinski definition) is 7. The van der Waals surface area contributed by atoms with E-state index in [9.17, 15) is 24.7 Å². The monoisotopic (exact) mass is 539 g/mol. The Labute approximate surface area is 217 Å². The normalized spacial score (nSPS) is 19.0. The molecule has 2 aromatic rings. The molecule has 36 heavy (non-hydrogen) atoms. The van der Waals surface area contributed by atoms with E-state index < -0.39 is 29.1 Å². The number of halogens is 2. The number of carboxylic acid groups (broad SMARTS) is 1. The van der Waals surface area contributed by atoms with Crippen molar-refractivity contribution in [2.24, 2.45) is 5.73 Å². The summed E-state index contributed by atoms with van der Waals surface area (Å²) < 4.78 is 5.75. The first kappa shape index (κ1) is 27.5. The van der Waals surface area contributed by atoms with Crippen molar-refractivity contribution in [2.75, 3.05) is 6.54 Å². The lowest BCUT2D eigenvalue weighted by atomic mass is 9.89. The van der Waals surface area contributed by atoms with Crippen LogP contribution in [0.1, 0.15) is 43.7 Å². The predicted molar refractivity (Wildman–Crippen MR) is 131 cm³/mol. The molecular weight excluding hydrogens is 513 g/mol. The van der Waals surface area contributed by atoms with Crippen molar-refractivity contribution in [2.45, 2.75) is 50.4 Å². The van der Waals surface area contributed by atoms with E-state index in [1.165, 1.54) is 5.48 Å². The molecule has 2 atom stereocenters. The fourth-order valence-corrected chi connectivity index (χ4v) is 4.75. The Hall–Kier alpha value is -3.12. The first-order valence-electron chi connectivity index (χ1n) is 11.2. The smallest absolute Gasteiger partial charge is 0.406 e. The number of aromatic nitrogens is 1. The Morgan fingerprint density at radius 2 is 1.89 bits per heavy atom. The molecule has 1 fully saturated rings. The van der Waals surface area contributed by atoms with Gasteiger partial charge in [-0.1, -0.05) is 48.7 Å². The zero-order valence-corrected chi connectivity index (χ0v) is 21.0. The van der Waals surface area contributed by atoms with Gasteiger partial charge in [0, 0.05) is 6.54 Å². The highest BCUT2D eigenvalue weighted by Gasteiger charge is 2.56. The topological polar surface area (TPSA) is 167 Å². The highest BCUT2D eigenvalue weighted by molar-refractivity contribution is 6.32. The standard InChI is InChI=1S/C23H27Cl2N5O6/c1-2-3-8-23(19(31)29-35,28-21(33)34)30-10-9-22(26,20(30)32)15-4-6-16(7-5-15)36-13-14-11-17(24)27-18(25)12-14/h4-7,11-12,28,35H,2-3,8-10,13,26H2,1H3,(H,29,31)(H,33,34)/t22?,23-/m0/s1. The van der Waals surface area contributed by atoms with E-state index >= 15 is 0 Å². The van der Waals surface area contributed by atoms with Crippen LogP contribution < -0.4 is 21.3 Å². The van der Waals surface area contributed by atoms with Gasteiger partial charge in [0.1, 0.15) is 28.2 Å². The number of carbonyl (C=O) groups is 3. The predicted octanol–water partition coefficient (Wildman–Crippen LogP) is 3.01. The van der Waals surface area contributed by atoms with E-state index in [4.69, 9.17) is 33.7 Å². The molecule has 0 bridgehead atoms. The average Bonchev–Trinajstić information content (AvgIpc) is 3.15. The van der Waals surface area contributed by atoms with Crippen molar-refractivity contribution in [3.8, 4) is 5.75 Å². The number of rotatable bonds is 10. The van der Waals surface area contributed by atoms with Crippen LogP contribution in [0.4, 0.5) is 4.79 Å². The molecule has 11 nitrogen and oxygen atoms in total. The van der Waals surface area contributed by atoms with Crippen molar-refractivity contribution >= 4 is 41.1 Å². The Morgan fingerprint density at radius 3 is 2.44 bits per heavy atom. The van der Waals surface area contributed by atoms with Crippen LogP contribution >= 0.6 is 23.2 Å². The van der Waals surface area contributed by atoms with Gasteiger partial charge in [0.2, 0.25) is 11.6 Å². The van der Waals surface area contributed by atoms with Crippen molar-refractivity contribution < 1.29 is 29.4 Å². The molecule has 3 rings (SSSR count). The largest absolute Gasteiger partial charge is 0.489 e. The van der Waals surface area contributed by atoms with Gasteiger partial charge in [-0.05, 0) is 54.7 Å². The van der Waals surface area contributed by atoms with E-state index in [0.29, 0.717) is 24.2 Å². The molecule has 1 aromatic carbocycles. The number of amides is 3. The van der Waals surface area contributed by atoms with Gasteiger partial charge < -0.3 is 20.5 Å². The van der Waals surface area contributed by atoms with Gasteiger partial charge in [0.15, 0.2) is 0 Å². The third kappa shape index (κ3) is 5.65. The molecular formula is C23H27Cl2N5O6. The van der Waals surface area contributed by atoms with Crippen LogP contribution in [0.3, 0.4) is 0 Å². The third-order valence-corrected chi connectivity index (χ3v) is 6.49. The number of benzene rings is 1. The van der Waals surface area contributed by atoms with Crippen LogP contribution in [0.5, 0.6) is 5.75 Å². The summed E-state index contributed by atoms with van der Waals surface area (Å²) >= 11 is 11.8. The zero-order chi connectivity index (χ0) is 26.5.